The lowest BCUT2D eigenvalue weighted by Crippen LogP contribution is -2.50. The maximum absolute atomic E-state index is 11.7. The minimum atomic E-state index is -0.611. The first-order valence-corrected chi connectivity index (χ1v) is 6.99. The van der Waals surface area contributed by atoms with E-state index in [0.29, 0.717) is 12.6 Å². The lowest BCUT2D eigenvalue weighted by Gasteiger charge is -2.36. The number of nitrogens with zero attached hydrogens (tertiary/aromatic N) is 2. The molecule has 0 bridgehead atoms. The smallest absolute Gasteiger partial charge is 0.403 e. The summed E-state index contributed by atoms with van der Waals surface area (Å²) in [5.41, 5.74) is 0. The number of piperazine rings is 1. The Hall–Kier alpha value is -1.60. The third kappa shape index (κ3) is 3.94. The Kier molecular flexibility index (Phi) is 4.97. The van der Waals surface area contributed by atoms with Gasteiger partial charge >= 0.3 is 5.76 Å². The molecule has 2 rings (SSSR count). The number of aromatic nitrogens is 1. The van der Waals surface area contributed by atoms with Gasteiger partial charge in [-0.2, -0.15) is 0 Å². The van der Waals surface area contributed by atoms with Gasteiger partial charge in [0.15, 0.2) is 0 Å². The van der Waals surface area contributed by atoms with Crippen LogP contribution >= 0.6 is 0 Å². The molecule has 1 saturated heterocycles. The first-order chi connectivity index (χ1) is 9.56. The molecule has 7 heteroatoms. The Bertz CT molecular complexity index is 486. The molecule has 0 atom stereocenters. The van der Waals surface area contributed by atoms with E-state index in [2.05, 4.69) is 38.4 Å². The summed E-state index contributed by atoms with van der Waals surface area (Å²) in [6.45, 7) is 9.96. The molecule has 2 N–H and O–H groups in total. The van der Waals surface area contributed by atoms with Gasteiger partial charge in [0.2, 0.25) is 5.76 Å². The topological polar surface area (TPSA) is 81.6 Å². The van der Waals surface area contributed by atoms with E-state index in [9.17, 15) is 9.59 Å². The van der Waals surface area contributed by atoms with Crippen LogP contribution < -0.4 is 11.1 Å². The highest BCUT2D eigenvalue weighted by Gasteiger charge is 2.18. The Balaban J connectivity index is 1.67. The number of oxazole rings is 1. The molecule has 1 aromatic heterocycles. The van der Waals surface area contributed by atoms with E-state index in [1.165, 1.54) is 6.20 Å². The highest BCUT2D eigenvalue weighted by molar-refractivity contribution is 5.90. The average Bonchev–Trinajstić information content (AvgIpc) is 2.86. The highest BCUT2D eigenvalue weighted by atomic mass is 16.4. The summed E-state index contributed by atoms with van der Waals surface area (Å²) in [5, 5.41) is 2.75. The fraction of sp³-hybridized carbons (Fsp3) is 0.692. The predicted octanol–water partition coefficient (Wildman–Crippen LogP) is -0.276. The van der Waals surface area contributed by atoms with E-state index in [0.717, 1.165) is 32.7 Å². The number of hydrogen-bond donors (Lipinski definition) is 2. The lowest BCUT2D eigenvalue weighted by molar-refractivity contribution is 0.0894. The van der Waals surface area contributed by atoms with Crippen molar-refractivity contribution in [1.82, 2.24) is 20.1 Å². The molecule has 2 heterocycles. The molecule has 0 unspecified atom stereocenters. The van der Waals surface area contributed by atoms with Crippen LogP contribution in [0.25, 0.3) is 0 Å². The molecule has 1 aliphatic rings. The highest BCUT2D eigenvalue weighted by Crippen LogP contribution is 2.05. The molecule has 1 aliphatic heterocycles. The molecule has 7 nitrogen and oxygen atoms in total. The zero-order valence-corrected chi connectivity index (χ0v) is 12.0. The first-order valence-electron chi connectivity index (χ1n) is 6.99. The van der Waals surface area contributed by atoms with Crippen LogP contribution in [-0.2, 0) is 0 Å². The SMILES string of the molecule is CC(C)N1CCN(CCNC(=O)c2c[nH]c(=O)o2)CC1. The molecule has 1 aromatic rings. The number of nitrogens with one attached hydrogen (secondary N) is 2. The van der Waals surface area contributed by atoms with Crippen molar-refractivity contribution in [2.24, 2.45) is 0 Å². The summed E-state index contributed by atoms with van der Waals surface area (Å²) in [7, 11) is 0. The van der Waals surface area contributed by atoms with Gasteiger partial charge in [-0.1, -0.05) is 0 Å². The van der Waals surface area contributed by atoms with Crippen LogP contribution in [0.3, 0.4) is 0 Å². The minimum Gasteiger partial charge on any atom is -0.403 e. The Morgan fingerprint density at radius 1 is 1.40 bits per heavy atom. The predicted molar refractivity (Wildman–Crippen MR) is 74.8 cm³/mol. The van der Waals surface area contributed by atoms with Crippen molar-refractivity contribution in [1.29, 1.82) is 0 Å². The maximum Gasteiger partial charge on any atom is 0.416 e. The quantitative estimate of drug-likeness (QED) is 0.776. The Labute approximate surface area is 117 Å². The van der Waals surface area contributed by atoms with Crippen LogP contribution in [0.15, 0.2) is 15.4 Å². The molecule has 1 amide bonds. The largest absolute Gasteiger partial charge is 0.416 e. The van der Waals surface area contributed by atoms with Gasteiger partial charge in [0.25, 0.3) is 5.91 Å². The second-order valence-corrected chi connectivity index (χ2v) is 5.27. The third-order valence-corrected chi connectivity index (χ3v) is 3.60. The number of rotatable bonds is 5. The van der Waals surface area contributed by atoms with Crippen molar-refractivity contribution in [3.05, 3.63) is 22.5 Å². The molecule has 112 valence electrons. The van der Waals surface area contributed by atoms with Gasteiger partial charge in [-0.15, -0.1) is 0 Å². The van der Waals surface area contributed by atoms with E-state index >= 15 is 0 Å². The fourth-order valence-electron chi connectivity index (χ4n) is 2.31. The van der Waals surface area contributed by atoms with E-state index in [-0.39, 0.29) is 11.7 Å². The number of amides is 1. The summed E-state index contributed by atoms with van der Waals surface area (Å²) in [6, 6.07) is 0.591. The molecule has 0 spiro atoms. The molecule has 0 aliphatic carbocycles. The van der Waals surface area contributed by atoms with Crippen molar-refractivity contribution < 1.29 is 9.21 Å². The molecule has 20 heavy (non-hydrogen) atoms. The van der Waals surface area contributed by atoms with Gasteiger partial charge in [0, 0.05) is 45.3 Å². The number of aromatic amines is 1. The van der Waals surface area contributed by atoms with Gasteiger partial charge in [-0.05, 0) is 13.8 Å². The minimum absolute atomic E-state index is 0.0274. The van der Waals surface area contributed by atoms with Crippen LogP contribution in [0, 0.1) is 0 Å². The van der Waals surface area contributed by atoms with Crippen molar-refractivity contribution in [3.8, 4) is 0 Å². The number of H-pyrrole nitrogens is 1. The molecular weight excluding hydrogens is 260 g/mol. The molecule has 0 aromatic carbocycles. The normalized spacial score (nSPS) is 17.6. The van der Waals surface area contributed by atoms with E-state index in [1.807, 2.05) is 0 Å². The van der Waals surface area contributed by atoms with Gasteiger partial charge in [0.05, 0.1) is 6.20 Å². The van der Waals surface area contributed by atoms with Crippen molar-refractivity contribution in [3.63, 3.8) is 0 Å². The molecule has 0 radical (unpaired) electrons. The average molecular weight is 282 g/mol. The molecule has 0 saturated carbocycles. The lowest BCUT2D eigenvalue weighted by atomic mass is 10.2. The third-order valence-electron chi connectivity index (χ3n) is 3.60. The van der Waals surface area contributed by atoms with E-state index < -0.39 is 5.76 Å². The second-order valence-electron chi connectivity index (χ2n) is 5.27. The number of carbonyl (C=O) groups excluding carboxylic acids is 1. The Morgan fingerprint density at radius 2 is 2.10 bits per heavy atom. The van der Waals surface area contributed by atoms with Gasteiger partial charge in [-0.25, -0.2) is 4.79 Å². The van der Waals surface area contributed by atoms with Gasteiger partial charge < -0.3 is 9.73 Å². The summed E-state index contributed by atoms with van der Waals surface area (Å²) in [4.78, 5) is 29.5. The van der Waals surface area contributed by atoms with Crippen molar-refractivity contribution in [2.75, 3.05) is 39.3 Å². The van der Waals surface area contributed by atoms with Crippen molar-refractivity contribution in [2.45, 2.75) is 19.9 Å². The first kappa shape index (κ1) is 14.8. The van der Waals surface area contributed by atoms with Gasteiger partial charge in [0.1, 0.15) is 0 Å². The molecule has 1 fully saturated rings. The van der Waals surface area contributed by atoms with E-state index in [1.54, 1.807) is 0 Å². The monoisotopic (exact) mass is 282 g/mol. The summed E-state index contributed by atoms with van der Waals surface area (Å²) < 4.78 is 4.68. The van der Waals surface area contributed by atoms with Crippen LogP contribution in [0.4, 0.5) is 0 Å². The van der Waals surface area contributed by atoms with Crippen LogP contribution in [-0.4, -0.2) is 66.0 Å². The maximum atomic E-state index is 11.7. The summed E-state index contributed by atoms with van der Waals surface area (Å²) in [5.74, 6) is -0.941. The van der Waals surface area contributed by atoms with Crippen LogP contribution in [0.1, 0.15) is 24.4 Å². The second kappa shape index (κ2) is 6.71. The summed E-state index contributed by atoms with van der Waals surface area (Å²) >= 11 is 0. The van der Waals surface area contributed by atoms with Gasteiger partial charge in [-0.3, -0.25) is 19.6 Å². The van der Waals surface area contributed by atoms with Crippen molar-refractivity contribution >= 4 is 5.91 Å². The molecular formula is C13H22N4O3. The zero-order chi connectivity index (χ0) is 14.5. The Morgan fingerprint density at radius 3 is 2.65 bits per heavy atom. The zero-order valence-electron chi connectivity index (χ0n) is 12.0. The number of carbonyl (C=O) groups is 1. The standard InChI is InChI=1S/C13H22N4O3/c1-10(2)17-7-5-16(6-8-17)4-3-14-12(18)11-9-15-13(19)20-11/h9-10H,3-8H2,1-2H3,(H,14,18)(H,15,19). The van der Waals surface area contributed by atoms with E-state index in [4.69, 9.17) is 0 Å². The number of hydrogen-bond acceptors (Lipinski definition) is 5. The van der Waals surface area contributed by atoms with Crippen LogP contribution in [0.2, 0.25) is 0 Å². The van der Waals surface area contributed by atoms with Crippen LogP contribution in [0.5, 0.6) is 0 Å². The summed E-state index contributed by atoms with van der Waals surface area (Å²) in [6.07, 6.45) is 1.28. The fourth-order valence-corrected chi connectivity index (χ4v) is 2.31.